The summed E-state index contributed by atoms with van der Waals surface area (Å²) in [6, 6.07) is 24.2. The number of fused-ring (bicyclic) bond motifs is 1. The minimum absolute atomic E-state index is 0.111. The molecule has 0 aliphatic heterocycles. The van der Waals surface area contributed by atoms with Crippen molar-refractivity contribution in [2.24, 2.45) is 0 Å². The number of H-pyrrole nitrogens is 1. The van der Waals surface area contributed by atoms with Crippen LogP contribution in [0.15, 0.2) is 91.5 Å². The Morgan fingerprint density at radius 3 is 2.20 bits per heavy atom. The van der Waals surface area contributed by atoms with Gasteiger partial charge in [-0.05, 0) is 73.5 Å². The lowest BCUT2D eigenvalue weighted by molar-refractivity contribution is 0.102. The molecule has 2 N–H and O–H groups in total. The minimum Gasteiger partial charge on any atom is -0.348 e. The van der Waals surface area contributed by atoms with Gasteiger partial charge in [-0.15, -0.1) is 0 Å². The lowest BCUT2D eigenvalue weighted by atomic mass is 10.1. The Morgan fingerprint density at radius 1 is 0.829 bits per heavy atom. The summed E-state index contributed by atoms with van der Waals surface area (Å²) >= 11 is 0. The lowest BCUT2D eigenvalue weighted by Crippen LogP contribution is -2.26. The molecular weight excluding hydrogens is 510 g/mol. The Balaban J connectivity index is 1.21. The first-order valence-corrected chi connectivity index (χ1v) is 14.4. The molecule has 5 rings (SSSR count). The van der Waals surface area contributed by atoms with Gasteiger partial charge in [0.15, 0.2) is 0 Å². The van der Waals surface area contributed by atoms with Crippen LogP contribution < -0.4 is 5.32 Å². The summed E-state index contributed by atoms with van der Waals surface area (Å²) in [6.45, 7) is 9.59. The van der Waals surface area contributed by atoms with Gasteiger partial charge in [0.25, 0.3) is 5.91 Å². The first kappa shape index (κ1) is 28.3. The van der Waals surface area contributed by atoms with Crippen LogP contribution in [0.25, 0.3) is 11.0 Å². The number of rotatable bonds is 14. The first-order chi connectivity index (χ1) is 20.1. The number of carbonyl (C=O) groups excluding carboxylic acids is 1. The molecule has 0 aliphatic rings. The van der Waals surface area contributed by atoms with Crippen LogP contribution in [0.2, 0.25) is 0 Å². The number of aromatic nitrogens is 4. The van der Waals surface area contributed by atoms with Gasteiger partial charge in [0.2, 0.25) is 0 Å². The molecule has 0 atom stereocenters. The second-order valence-electron chi connectivity index (χ2n) is 10.5. The van der Waals surface area contributed by atoms with Crippen molar-refractivity contribution in [3.63, 3.8) is 0 Å². The summed E-state index contributed by atoms with van der Waals surface area (Å²) in [5.41, 5.74) is 5.88. The molecule has 0 saturated carbocycles. The summed E-state index contributed by atoms with van der Waals surface area (Å²) in [5.74, 6) is 0.792. The fourth-order valence-corrected chi connectivity index (χ4v) is 5.17. The highest BCUT2D eigenvalue weighted by atomic mass is 16.1. The van der Waals surface area contributed by atoms with E-state index in [-0.39, 0.29) is 5.91 Å². The summed E-state index contributed by atoms with van der Waals surface area (Å²) in [5, 5.41) is 3.04. The molecule has 8 heteroatoms. The number of hydrogen-bond donors (Lipinski definition) is 2. The Hall–Kier alpha value is -4.27. The van der Waals surface area contributed by atoms with Crippen molar-refractivity contribution in [2.45, 2.75) is 53.0 Å². The molecule has 5 aromatic rings. The molecular formula is C33H39N7O. The van der Waals surface area contributed by atoms with Gasteiger partial charge in [0.05, 0.1) is 30.6 Å². The van der Waals surface area contributed by atoms with Gasteiger partial charge in [-0.1, -0.05) is 50.2 Å². The van der Waals surface area contributed by atoms with E-state index in [0.29, 0.717) is 25.3 Å². The number of aromatic amines is 1. The molecule has 41 heavy (non-hydrogen) atoms. The van der Waals surface area contributed by atoms with Gasteiger partial charge < -0.3 is 14.9 Å². The Morgan fingerprint density at radius 2 is 1.51 bits per heavy atom. The van der Waals surface area contributed by atoms with Crippen molar-refractivity contribution in [2.75, 3.05) is 18.4 Å². The van der Waals surface area contributed by atoms with Gasteiger partial charge >= 0.3 is 0 Å². The van der Waals surface area contributed by atoms with E-state index in [1.165, 1.54) is 5.56 Å². The molecule has 0 spiro atoms. The van der Waals surface area contributed by atoms with Gasteiger partial charge in [-0.25, -0.2) is 9.97 Å². The Labute approximate surface area is 242 Å². The van der Waals surface area contributed by atoms with Gasteiger partial charge in [-0.3, -0.25) is 14.6 Å². The van der Waals surface area contributed by atoms with E-state index in [1.807, 2.05) is 67.1 Å². The number of nitrogens with one attached hydrogen (secondary N) is 2. The maximum atomic E-state index is 13.0. The zero-order valence-electron chi connectivity index (χ0n) is 24.0. The number of imidazole rings is 2. The number of nitrogens with zero attached hydrogens (tertiary/aromatic N) is 5. The Bertz CT molecular complexity index is 1500. The summed E-state index contributed by atoms with van der Waals surface area (Å²) in [6.07, 6.45) is 7.79. The molecule has 0 bridgehead atoms. The van der Waals surface area contributed by atoms with Crippen LogP contribution in [0.1, 0.15) is 54.0 Å². The van der Waals surface area contributed by atoms with E-state index in [1.54, 1.807) is 6.20 Å². The summed E-state index contributed by atoms with van der Waals surface area (Å²) in [4.78, 5) is 29.9. The quantitative estimate of drug-likeness (QED) is 0.170. The number of benzene rings is 3. The number of para-hydroxylation sites is 2. The molecule has 0 unspecified atom stereocenters. The van der Waals surface area contributed by atoms with Crippen LogP contribution in [-0.2, 0) is 26.3 Å². The zero-order chi connectivity index (χ0) is 28.4. The smallest absolute Gasteiger partial charge is 0.255 e. The van der Waals surface area contributed by atoms with E-state index in [0.717, 1.165) is 60.6 Å². The van der Waals surface area contributed by atoms with Crippen LogP contribution in [0, 0.1) is 0 Å². The number of carbonyl (C=O) groups is 1. The van der Waals surface area contributed by atoms with E-state index < -0.39 is 0 Å². The van der Waals surface area contributed by atoms with E-state index in [2.05, 4.69) is 66.7 Å². The van der Waals surface area contributed by atoms with Crippen LogP contribution >= 0.6 is 0 Å². The standard InChI is InChI=1S/C33H39N7O/c1-3-19-38(20-4-2)21-27-11-15-29(16-12-27)37-33(41)28-13-9-26(10-14-28)22-39(23-32-34-17-18-35-32)25-40-24-36-30-7-5-6-8-31(30)40/h5-18,24H,3-4,19-23,25H2,1-2H3,(H,34,35)(H,37,41). The van der Waals surface area contributed by atoms with Crippen molar-refractivity contribution in [3.05, 3.63) is 114 Å². The Kier molecular flexibility index (Phi) is 9.57. The van der Waals surface area contributed by atoms with E-state index in [4.69, 9.17) is 0 Å². The summed E-state index contributed by atoms with van der Waals surface area (Å²) in [7, 11) is 0. The third kappa shape index (κ3) is 7.68. The largest absolute Gasteiger partial charge is 0.348 e. The number of amides is 1. The normalized spacial score (nSPS) is 11.5. The second kappa shape index (κ2) is 13.9. The van der Waals surface area contributed by atoms with Crippen LogP contribution in [-0.4, -0.2) is 48.3 Å². The summed E-state index contributed by atoms with van der Waals surface area (Å²) < 4.78 is 2.15. The molecule has 2 aromatic heterocycles. The van der Waals surface area contributed by atoms with Crippen molar-refractivity contribution in [1.29, 1.82) is 0 Å². The minimum atomic E-state index is -0.111. The predicted molar refractivity (Wildman–Crippen MR) is 164 cm³/mol. The fraction of sp³-hybridized carbons (Fsp3) is 0.303. The number of hydrogen-bond acceptors (Lipinski definition) is 5. The fourth-order valence-electron chi connectivity index (χ4n) is 5.17. The van der Waals surface area contributed by atoms with E-state index in [9.17, 15) is 4.79 Å². The van der Waals surface area contributed by atoms with Crippen molar-refractivity contribution >= 4 is 22.6 Å². The number of anilines is 1. The third-order valence-corrected chi connectivity index (χ3v) is 7.13. The van der Waals surface area contributed by atoms with Gasteiger partial charge in [0.1, 0.15) is 5.82 Å². The molecule has 0 aliphatic carbocycles. The highest BCUT2D eigenvalue weighted by molar-refractivity contribution is 6.04. The van der Waals surface area contributed by atoms with Crippen molar-refractivity contribution in [1.82, 2.24) is 29.3 Å². The molecule has 2 heterocycles. The molecule has 8 nitrogen and oxygen atoms in total. The predicted octanol–water partition coefficient (Wildman–Crippen LogP) is 6.29. The maximum Gasteiger partial charge on any atom is 0.255 e. The average Bonchev–Trinajstić information content (AvgIpc) is 3.65. The van der Waals surface area contributed by atoms with E-state index >= 15 is 0 Å². The van der Waals surface area contributed by atoms with Crippen LogP contribution in [0.5, 0.6) is 0 Å². The van der Waals surface area contributed by atoms with Crippen LogP contribution in [0.3, 0.4) is 0 Å². The monoisotopic (exact) mass is 549 g/mol. The highest BCUT2D eigenvalue weighted by Gasteiger charge is 2.13. The molecule has 0 fully saturated rings. The second-order valence-corrected chi connectivity index (χ2v) is 10.5. The van der Waals surface area contributed by atoms with Crippen molar-refractivity contribution in [3.8, 4) is 0 Å². The SMILES string of the molecule is CCCN(CCC)Cc1ccc(NC(=O)c2ccc(CN(Cc3ncc[nH]3)Cn3cnc4ccccc43)cc2)cc1. The topological polar surface area (TPSA) is 82.1 Å². The maximum absolute atomic E-state index is 13.0. The molecule has 212 valence electrons. The first-order valence-electron chi connectivity index (χ1n) is 14.4. The third-order valence-electron chi connectivity index (χ3n) is 7.13. The van der Waals surface area contributed by atoms with Crippen molar-refractivity contribution < 1.29 is 4.79 Å². The van der Waals surface area contributed by atoms with Crippen LogP contribution in [0.4, 0.5) is 5.69 Å². The van der Waals surface area contributed by atoms with Gasteiger partial charge in [-0.2, -0.15) is 0 Å². The molecule has 1 amide bonds. The molecule has 0 radical (unpaired) electrons. The molecule has 0 saturated heterocycles. The molecule has 3 aromatic carbocycles. The average molecular weight is 550 g/mol. The lowest BCUT2D eigenvalue weighted by Gasteiger charge is -2.22. The van der Waals surface area contributed by atoms with Gasteiger partial charge in [0, 0.05) is 36.7 Å². The highest BCUT2D eigenvalue weighted by Crippen LogP contribution is 2.17. The zero-order valence-corrected chi connectivity index (χ0v) is 24.0.